The smallest absolute Gasteiger partial charge is 0.276 e. The van der Waals surface area contributed by atoms with Gasteiger partial charge in [0.15, 0.2) is 5.69 Å². The van der Waals surface area contributed by atoms with Gasteiger partial charge in [-0.3, -0.25) is 19.9 Å². The summed E-state index contributed by atoms with van der Waals surface area (Å²) >= 11 is 0. The molecule has 0 aliphatic carbocycles. The van der Waals surface area contributed by atoms with Crippen molar-refractivity contribution in [3.8, 4) is 22.4 Å². The number of hydrogen-bond donors (Lipinski definition) is 3. The Morgan fingerprint density at radius 3 is 2.44 bits per heavy atom. The van der Waals surface area contributed by atoms with Crippen molar-refractivity contribution in [2.45, 2.75) is 0 Å². The van der Waals surface area contributed by atoms with E-state index in [1.165, 1.54) is 0 Å². The molecule has 5 rings (SSSR count). The number of amides is 1. The molecule has 3 N–H and O–H groups in total. The third-order valence-corrected chi connectivity index (χ3v) is 5.77. The Morgan fingerprint density at radius 2 is 1.69 bits per heavy atom. The second-order valence-corrected chi connectivity index (χ2v) is 8.51. The van der Waals surface area contributed by atoms with Gasteiger partial charge in [0.1, 0.15) is 0 Å². The highest BCUT2D eigenvalue weighted by molar-refractivity contribution is 6.11. The summed E-state index contributed by atoms with van der Waals surface area (Å²) in [7, 11) is 3.83. The van der Waals surface area contributed by atoms with Crippen molar-refractivity contribution in [2.75, 3.05) is 24.7 Å². The summed E-state index contributed by atoms with van der Waals surface area (Å²) in [5, 5.41) is 14.1. The standard InChI is InChI=1S/C28H25N7O/c1-18(35(2)3)31-23-13-21(15-29-16-23)20-9-11-26-24(14-20)27(34-33-26)28(36)32-22-10-12-25(30-17-22)19-7-5-4-6-8-19/h4-17,31H,1H2,2-3H3,(H,32,36)(H,33,34). The topological polar surface area (TPSA) is 98.8 Å². The Labute approximate surface area is 208 Å². The predicted molar refractivity (Wildman–Crippen MR) is 143 cm³/mol. The lowest BCUT2D eigenvalue weighted by Crippen LogP contribution is -2.16. The zero-order valence-electron chi connectivity index (χ0n) is 20.0. The van der Waals surface area contributed by atoms with E-state index in [0.29, 0.717) is 11.4 Å². The van der Waals surface area contributed by atoms with Crippen molar-refractivity contribution in [2.24, 2.45) is 0 Å². The van der Waals surface area contributed by atoms with Gasteiger partial charge in [-0.1, -0.05) is 43.0 Å². The molecule has 0 spiro atoms. The highest BCUT2D eigenvalue weighted by Crippen LogP contribution is 2.27. The van der Waals surface area contributed by atoms with E-state index in [1.807, 2.05) is 85.7 Å². The average molecular weight is 476 g/mol. The van der Waals surface area contributed by atoms with Crippen molar-refractivity contribution >= 4 is 28.2 Å². The Kier molecular flexibility index (Phi) is 6.15. The molecular weight excluding hydrogens is 450 g/mol. The molecule has 0 aliphatic heterocycles. The first-order chi connectivity index (χ1) is 17.5. The third-order valence-electron chi connectivity index (χ3n) is 5.77. The highest BCUT2D eigenvalue weighted by atomic mass is 16.1. The summed E-state index contributed by atoms with van der Waals surface area (Å²) in [5.74, 6) is 0.438. The molecule has 5 aromatic rings. The number of anilines is 2. The maximum Gasteiger partial charge on any atom is 0.276 e. The van der Waals surface area contributed by atoms with E-state index in [0.717, 1.165) is 44.8 Å². The molecule has 0 fully saturated rings. The van der Waals surface area contributed by atoms with E-state index in [2.05, 4.69) is 37.4 Å². The lowest BCUT2D eigenvalue weighted by atomic mass is 10.0. The van der Waals surface area contributed by atoms with Crippen LogP contribution < -0.4 is 10.6 Å². The SMILES string of the molecule is C=C(Nc1cncc(-c2ccc3[nH]nc(C(=O)Nc4ccc(-c5ccccc5)nc4)c3c2)c1)N(C)C. The van der Waals surface area contributed by atoms with Gasteiger partial charge >= 0.3 is 0 Å². The van der Waals surface area contributed by atoms with E-state index < -0.39 is 0 Å². The second kappa shape index (κ2) is 9.71. The number of carbonyl (C=O) groups excluding carboxylic acids is 1. The zero-order chi connectivity index (χ0) is 25.1. The lowest BCUT2D eigenvalue weighted by Gasteiger charge is -2.17. The number of rotatable bonds is 7. The first kappa shape index (κ1) is 22.8. The summed E-state index contributed by atoms with van der Waals surface area (Å²) < 4.78 is 0. The van der Waals surface area contributed by atoms with Crippen LogP contribution in [-0.2, 0) is 0 Å². The van der Waals surface area contributed by atoms with Gasteiger partial charge in [-0.05, 0) is 35.9 Å². The molecule has 0 radical (unpaired) electrons. The largest absolute Gasteiger partial charge is 0.365 e. The van der Waals surface area contributed by atoms with Crippen LogP contribution in [0.3, 0.4) is 0 Å². The number of fused-ring (bicyclic) bond motifs is 1. The number of nitrogens with one attached hydrogen (secondary N) is 3. The Bertz CT molecular complexity index is 1540. The van der Waals surface area contributed by atoms with Crippen LogP contribution in [0.25, 0.3) is 33.3 Å². The third kappa shape index (κ3) is 4.78. The Hall–Kier alpha value is -4.98. The van der Waals surface area contributed by atoms with E-state index in [4.69, 9.17) is 0 Å². The molecule has 0 bridgehead atoms. The van der Waals surface area contributed by atoms with E-state index >= 15 is 0 Å². The lowest BCUT2D eigenvalue weighted by molar-refractivity contribution is 0.102. The number of aromatic amines is 1. The van der Waals surface area contributed by atoms with Crippen molar-refractivity contribution in [3.05, 3.63) is 103 Å². The second-order valence-electron chi connectivity index (χ2n) is 8.51. The number of carbonyl (C=O) groups is 1. The minimum absolute atomic E-state index is 0.308. The molecule has 0 atom stereocenters. The molecular formula is C28H25N7O. The van der Waals surface area contributed by atoms with Crippen LogP contribution in [0.1, 0.15) is 10.5 Å². The molecule has 0 saturated heterocycles. The van der Waals surface area contributed by atoms with Gasteiger partial charge in [-0.2, -0.15) is 5.10 Å². The average Bonchev–Trinajstić information content (AvgIpc) is 3.33. The number of pyridine rings is 2. The van der Waals surface area contributed by atoms with Crippen molar-refractivity contribution in [3.63, 3.8) is 0 Å². The van der Waals surface area contributed by atoms with Crippen LogP contribution in [0, 0.1) is 0 Å². The number of nitrogens with zero attached hydrogens (tertiary/aromatic N) is 4. The summed E-state index contributed by atoms with van der Waals surface area (Å²) in [4.78, 5) is 23.8. The quantitative estimate of drug-likeness (QED) is 0.292. The normalized spacial score (nSPS) is 10.7. The molecule has 36 heavy (non-hydrogen) atoms. The number of benzene rings is 2. The maximum atomic E-state index is 13.1. The van der Waals surface area contributed by atoms with Gasteiger partial charge < -0.3 is 15.5 Å². The van der Waals surface area contributed by atoms with Gasteiger partial charge in [0.2, 0.25) is 0 Å². The number of aromatic nitrogens is 4. The summed E-state index contributed by atoms with van der Waals surface area (Å²) in [6.45, 7) is 4.00. The van der Waals surface area contributed by atoms with Crippen molar-refractivity contribution in [1.82, 2.24) is 25.1 Å². The fourth-order valence-electron chi connectivity index (χ4n) is 3.75. The maximum absolute atomic E-state index is 13.1. The molecule has 0 saturated carbocycles. The Morgan fingerprint density at radius 1 is 0.861 bits per heavy atom. The number of hydrogen-bond acceptors (Lipinski definition) is 6. The summed E-state index contributed by atoms with van der Waals surface area (Å²) in [6, 6.07) is 21.4. The van der Waals surface area contributed by atoms with Crippen LogP contribution in [-0.4, -0.2) is 45.1 Å². The van der Waals surface area contributed by atoms with E-state index in [9.17, 15) is 4.79 Å². The van der Waals surface area contributed by atoms with E-state index in [-0.39, 0.29) is 5.91 Å². The van der Waals surface area contributed by atoms with Crippen LogP contribution in [0.5, 0.6) is 0 Å². The van der Waals surface area contributed by atoms with Crippen LogP contribution in [0.4, 0.5) is 11.4 Å². The van der Waals surface area contributed by atoms with Crippen LogP contribution in [0.2, 0.25) is 0 Å². The molecule has 3 heterocycles. The molecule has 0 unspecified atom stereocenters. The fraction of sp³-hybridized carbons (Fsp3) is 0.0714. The minimum Gasteiger partial charge on any atom is -0.365 e. The first-order valence-corrected chi connectivity index (χ1v) is 11.4. The van der Waals surface area contributed by atoms with Crippen molar-refractivity contribution < 1.29 is 4.79 Å². The summed E-state index contributed by atoms with van der Waals surface area (Å²) in [6.07, 6.45) is 5.17. The fourth-order valence-corrected chi connectivity index (χ4v) is 3.75. The minimum atomic E-state index is -0.316. The molecule has 2 aromatic carbocycles. The Balaban J connectivity index is 1.38. The van der Waals surface area contributed by atoms with Gasteiger partial charge in [0.05, 0.1) is 40.8 Å². The molecule has 0 aliphatic rings. The highest BCUT2D eigenvalue weighted by Gasteiger charge is 2.16. The van der Waals surface area contributed by atoms with Crippen LogP contribution >= 0.6 is 0 Å². The zero-order valence-corrected chi connectivity index (χ0v) is 20.0. The molecule has 8 nitrogen and oxygen atoms in total. The molecule has 8 heteroatoms. The van der Waals surface area contributed by atoms with Gasteiger partial charge in [-0.15, -0.1) is 0 Å². The summed E-state index contributed by atoms with van der Waals surface area (Å²) in [5.41, 5.74) is 6.16. The van der Waals surface area contributed by atoms with Gasteiger partial charge in [-0.25, -0.2) is 0 Å². The monoisotopic (exact) mass is 475 g/mol. The van der Waals surface area contributed by atoms with Gasteiger partial charge in [0.25, 0.3) is 5.91 Å². The predicted octanol–water partition coefficient (Wildman–Crippen LogP) is 5.38. The van der Waals surface area contributed by atoms with Crippen LogP contribution in [0.15, 0.2) is 97.7 Å². The van der Waals surface area contributed by atoms with Crippen molar-refractivity contribution in [1.29, 1.82) is 0 Å². The molecule has 178 valence electrons. The molecule has 3 aromatic heterocycles. The van der Waals surface area contributed by atoms with Gasteiger partial charge in [0, 0.05) is 36.8 Å². The van der Waals surface area contributed by atoms with E-state index in [1.54, 1.807) is 18.6 Å². The first-order valence-electron chi connectivity index (χ1n) is 11.4. The molecule has 1 amide bonds. The number of H-pyrrole nitrogens is 1.